The van der Waals surface area contributed by atoms with Gasteiger partial charge in [-0.05, 0) is 205 Å². The number of halogens is 5. The Morgan fingerprint density at radius 3 is 1.33 bits per heavy atom. The Morgan fingerprint density at radius 2 is 0.844 bits per heavy atom. The number of phenolic OH excluding ortho intramolecular Hbond substituents is 1. The van der Waals surface area contributed by atoms with Crippen LogP contribution in [-0.4, -0.2) is 139 Å². The van der Waals surface area contributed by atoms with E-state index in [4.69, 9.17) is 63.1 Å². The van der Waals surface area contributed by atoms with Crippen molar-refractivity contribution in [3.05, 3.63) is 333 Å². The Kier molecular flexibility index (Phi) is 28.3. The fraction of sp³-hybridized carbons (Fsp3) is 0.252. The number of fused-ring (bicyclic) bond motifs is 18. The highest BCUT2D eigenvalue weighted by Crippen LogP contribution is 2.51. The van der Waals surface area contributed by atoms with Gasteiger partial charge in [0.2, 0.25) is 0 Å². The summed E-state index contributed by atoms with van der Waals surface area (Å²) in [5.41, 5.74) is 10.8. The fourth-order valence-electron chi connectivity index (χ4n) is 20.7. The van der Waals surface area contributed by atoms with Gasteiger partial charge in [0, 0.05) is 170 Å². The molecule has 5 aromatic carbocycles. The number of aromatic hydroxyl groups is 1. The first-order valence-electron chi connectivity index (χ1n) is 45.9. The first-order chi connectivity index (χ1) is 68.0. The summed E-state index contributed by atoms with van der Waals surface area (Å²) in [6.07, 6.45) is 24.5. The number of carboxylic acid groups (broad SMARTS) is 1. The molecule has 141 heavy (non-hydrogen) atoms. The topological polar surface area (TPSA) is 385 Å². The summed E-state index contributed by atoms with van der Waals surface area (Å²) in [6, 6.07) is 48.6. The number of carboxylic acids is 1. The van der Waals surface area contributed by atoms with Crippen molar-refractivity contribution < 1.29 is 67.9 Å². The zero-order valence-corrected chi connectivity index (χ0v) is 80.7. The van der Waals surface area contributed by atoms with Gasteiger partial charge in [0.05, 0.1) is 112 Å². The van der Waals surface area contributed by atoms with Crippen molar-refractivity contribution in [3.63, 3.8) is 0 Å². The summed E-state index contributed by atoms with van der Waals surface area (Å²) >= 11 is 31.9. The Morgan fingerprint density at radius 1 is 0.418 bits per heavy atom. The van der Waals surface area contributed by atoms with Gasteiger partial charge < -0.3 is 43.7 Å². The highest BCUT2D eigenvalue weighted by atomic mass is 35.5. The van der Waals surface area contributed by atoms with Gasteiger partial charge in [0.1, 0.15) is 74.5 Å². The van der Waals surface area contributed by atoms with E-state index < -0.39 is 70.3 Å². The number of pyridine rings is 5. The maximum atomic E-state index is 13.4. The van der Waals surface area contributed by atoms with E-state index in [-0.39, 0.29) is 123 Å². The molecule has 0 spiro atoms. The molecule has 714 valence electrons. The molecule has 6 bridgehead atoms. The number of carbonyl (C=O) groups is 11. The Bertz CT molecular complexity index is 7670. The minimum atomic E-state index is -1.17. The minimum absolute atomic E-state index is 0.00131. The van der Waals surface area contributed by atoms with E-state index in [0.29, 0.717) is 37.6 Å². The second kappa shape index (κ2) is 41.2. The standard InChI is InChI=1S/C29H26N4O2S.C24H24N4O2.C19H14Cl2N2O2.C18H13Cl2NO4.C17H13ClN2O5/c34-24-15-25(35)27-23-17-33(29-21(23)8-2-12-31-29)14-4-6-19-10-9-18(36-19)5-3-13-32-16-22(26(24)27)20-7-1-11-30-28(20)32;1-3-4-11-28-14-18(16-8-6-10-26-24(16)28)22-20(30)12-19(29)21(22)17-13-27(2)23-15(17)7-5-9-25-23;1-23-9-13(11-3-2-6-22-19(11)23)18-16(25)8-15(24)17(18)12-5-4-10(20)7-14(12)21;19-10-3-1-2-9(6-10)16-14(22)8-15(23)17(16)21-11-4-5-13(20)12(7-11)18(24)25;18-11-7-9(5-6-13(11)21)19-17-15(23)8-14(22)16(17)10-3-1-2-4-12(10)20(24)25/h1-2,7-12,16-17,26-27H,3-6,13-15H2;5-10,13-14,21-22H,3-4,11-12H2,1-2H3;2-7,9,17-18H,8H2,1H3;1-7,16-17,21H,8H2,(H,24,25);1-7,16-17,19,21H,8H2. The highest BCUT2D eigenvalue weighted by molar-refractivity contribution is 7.12. The number of ketones is 10. The number of nitrogens with one attached hydrogen (secondary N) is 2. The van der Waals surface area contributed by atoms with Crippen LogP contribution in [0, 0.1) is 10.1 Å². The first-order valence-corrected chi connectivity index (χ1v) is 48.6. The Hall–Kier alpha value is -14.3. The largest absolute Gasteiger partial charge is 0.506 e. The number of rotatable bonds is 15. The van der Waals surface area contributed by atoms with Gasteiger partial charge in [-0.25, -0.2) is 29.7 Å². The van der Waals surface area contributed by atoms with Gasteiger partial charge in [-0.2, -0.15) is 0 Å². The van der Waals surface area contributed by atoms with Crippen LogP contribution in [0.4, 0.5) is 17.1 Å². The summed E-state index contributed by atoms with van der Waals surface area (Å²) in [5, 5.41) is 42.1. The van der Waals surface area contributed by atoms with E-state index in [1.54, 1.807) is 85.6 Å². The van der Waals surface area contributed by atoms with Crippen LogP contribution in [0.2, 0.25) is 25.1 Å². The number of nitro benzene ring substituents is 1. The number of unbranched alkanes of at least 4 members (excludes halogenated alkanes) is 1. The van der Waals surface area contributed by atoms with Crippen molar-refractivity contribution in [2.24, 2.45) is 14.1 Å². The van der Waals surface area contributed by atoms with Crippen molar-refractivity contribution in [2.75, 3.05) is 10.6 Å². The summed E-state index contributed by atoms with van der Waals surface area (Å²) in [7, 11) is 3.81. The lowest BCUT2D eigenvalue weighted by molar-refractivity contribution is -0.385. The Labute approximate surface area is 835 Å². The lowest BCUT2D eigenvalue weighted by Crippen LogP contribution is -2.31. The number of aromatic nitrogens is 10. The van der Waals surface area contributed by atoms with Gasteiger partial charge in [-0.3, -0.25) is 58.1 Å². The third-order valence-corrected chi connectivity index (χ3v) is 29.6. The summed E-state index contributed by atoms with van der Waals surface area (Å²) < 4.78 is 10.3. The summed E-state index contributed by atoms with van der Waals surface area (Å²) in [4.78, 5) is 175. The van der Waals surface area contributed by atoms with Crippen LogP contribution >= 0.6 is 69.3 Å². The molecule has 0 saturated heterocycles. The molecule has 28 nitrogen and oxygen atoms in total. The predicted octanol–water partition coefficient (Wildman–Crippen LogP) is 20.7. The third-order valence-electron chi connectivity index (χ3n) is 27.0. The number of carbonyl (C=O) groups excluding carboxylic acids is 10. The van der Waals surface area contributed by atoms with Crippen LogP contribution in [0.3, 0.4) is 0 Å². The number of phenols is 1. The summed E-state index contributed by atoms with van der Waals surface area (Å²) in [6.45, 7) is 4.65. The lowest BCUT2D eigenvalue weighted by atomic mass is 9.83. The van der Waals surface area contributed by atoms with E-state index in [0.717, 1.165) is 141 Å². The number of aromatic carboxylic acids is 1. The Balaban J connectivity index is 0.000000118. The summed E-state index contributed by atoms with van der Waals surface area (Å²) in [5.74, 6) is -7.43. The molecule has 4 N–H and O–H groups in total. The minimum Gasteiger partial charge on any atom is -0.506 e. The molecule has 5 fully saturated rings. The molecule has 10 unspecified atom stereocenters. The van der Waals surface area contributed by atoms with Crippen LogP contribution in [-0.2, 0) is 94.5 Å². The molecular formula is C107H90Cl5N13O15S. The molecule has 11 aromatic heterocycles. The number of thiophene rings is 1. The van der Waals surface area contributed by atoms with E-state index in [1.165, 1.54) is 58.3 Å². The number of aryl methyl sites for hydroxylation is 7. The molecule has 0 amide bonds. The van der Waals surface area contributed by atoms with Gasteiger partial charge in [0.15, 0.2) is 17.3 Å². The molecular weight excluding hydrogens is 1920 g/mol. The molecule has 34 heteroatoms. The fourth-order valence-corrected chi connectivity index (χ4v) is 22.9. The number of benzene rings is 5. The van der Waals surface area contributed by atoms with Crippen molar-refractivity contribution in [3.8, 4) is 5.75 Å². The number of anilines is 2. The third kappa shape index (κ3) is 19.5. The van der Waals surface area contributed by atoms with Gasteiger partial charge in [-0.1, -0.05) is 108 Å². The van der Waals surface area contributed by atoms with Gasteiger partial charge in [0.25, 0.3) is 5.69 Å². The van der Waals surface area contributed by atoms with Crippen LogP contribution in [0.25, 0.3) is 55.2 Å². The zero-order chi connectivity index (χ0) is 99.0. The molecule has 1 aliphatic heterocycles. The average Bonchev–Trinajstić information content (AvgIpc) is 1.58. The van der Waals surface area contributed by atoms with E-state index >= 15 is 0 Å². The number of Topliss-reactive ketones (excluding diaryl/α,β-unsaturated/α-hetero) is 10. The molecule has 16 aromatic rings. The quantitative estimate of drug-likeness (QED) is 0.0320. The van der Waals surface area contributed by atoms with Crippen molar-refractivity contribution in [1.82, 2.24) is 47.8 Å². The van der Waals surface area contributed by atoms with Crippen molar-refractivity contribution >= 4 is 205 Å². The normalized spacial score (nSPS) is 20.1. The van der Waals surface area contributed by atoms with E-state index in [9.17, 15) is 68.0 Å². The monoisotopic (exact) mass is 2000 g/mol. The molecule has 6 aliphatic rings. The molecule has 5 aliphatic carbocycles. The highest BCUT2D eigenvalue weighted by Gasteiger charge is 2.51. The maximum absolute atomic E-state index is 13.4. The number of hydrogen-bond acceptors (Lipinski definition) is 22. The second-order valence-corrected chi connectivity index (χ2v) is 39.2. The molecule has 22 rings (SSSR count). The molecule has 0 radical (unpaired) electrons. The van der Waals surface area contributed by atoms with Crippen LogP contribution < -0.4 is 10.6 Å². The molecule has 10 atom stereocenters. The predicted molar refractivity (Wildman–Crippen MR) is 539 cm³/mol. The smallest absolute Gasteiger partial charge is 0.337 e. The van der Waals surface area contributed by atoms with Crippen molar-refractivity contribution in [1.29, 1.82) is 0 Å². The van der Waals surface area contributed by atoms with E-state index in [2.05, 4.69) is 80.7 Å². The maximum Gasteiger partial charge on any atom is 0.337 e. The second-order valence-electron chi connectivity index (χ2n) is 35.8. The van der Waals surface area contributed by atoms with Crippen molar-refractivity contribution in [2.45, 2.75) is 157 Å². The lowest BCUT2D eigenvalue weighted by Gasteiger charge is -2.20. The van der Waals surface area contributed by atoms with Crippen LogP contribution in [0.15, 0.2) is 238 Å². The number of nitrogens with zero attached hydrogens (tertiary/aromatic N) is 11. The first kappa shape index (κ1) is 96.9. The number of para-hydroxylation sites is 1. The van der Waals surface area contributed by atoms with Gasteiger partial charge >= 0.3 is 5.97 Å². The van der Waals surface area contributed by atoms with Gasteiger partial charge in [-0.15, -0.1) is 11.3 Å². The molecule has 12 heterocycles. The number of nitro groups is 1. The average molecular weight is 2010 g/mol. The van der Waals surface area contributed by atoms with Crippen LogP contribution in [0.1, 0.15) is 177 Å². The SMILES string of the molecule is CCCCn1cc(C2C(=O)CC(=O)C2c2cn(C)c3ncccc23)c2cccnc21.Cn1cc(C2C(=O)CC(=O)C2c2ccc(Cl)cc2Cl)c2cccnc21.O=C(O)c1cc(NC2C(=O)CC(=O)C2c2cccc(Cl)c2)ccc1Cl.O=C1CC(=O)C(c2ccccc2[N+](=O)[O-])C1Nc1ccc(O)c(Cl)c1.O=C1CC(=O)C2c3cn(c4ncccc34)CCCc3ccc(s3)CCCn3cc(c4cccnc43)C12. The number of hydrogen-bond donors (Lipinski definition) is 4. The van der Waals surface area contributed by atoms with Crippen LogP contribution in [0.5, 0.6) is 5.75 Å². The molecule has 5 saturated carbocycles. The zero-order valence-electron chi connectivity index (χ0n) is 76.1. The van der Waals surface area contributed by atoms with E-state index in [1.807, 2.05) is 114 Å².